The molecule has 0 unspecified atom stereocenters. The first-order valence-electron chi connectivity index (χ1n) is 8.03. The molecule has 2 aromatic rings. The van der Waals surface area contributed by atoms with Gasteiger partial charge in [0, 0.05) is 31.0 Å². The molecular weight excluding hydrogens is 326 g/mol. The minimum atomic E-state index is -0.404. The Kier molecular flexibility index (Phi) is 5.01. The molecule has 1 aliphatic heterocycles. The molecule has 0 saturated carbocycles. The molecule has 2 aromatic heterocycles. The van der Waals surface area contributed by atoms with Gasteiger partial charge in [0.2, 0.25) is 5.91 Å². The van der Waals surface area contributed by atoms with E-state index in [1.54, 1.807) is 18.4 Å². The third-order valence-electron chi connectivity index (χ3n) is 4.23. The zero-order valence-electron chi connectivity index (χ0n) is 13.8. The van der Waals surface area contributed by atoms with Crippen LogP contribution < -0.4 is 5.32 Å². The van der Waals surface area contributed by atoms with Crippen LogP contribution in [-0.4, -0.2) is 41.0 Å². The van der Waals surface area contributed by atoms with Crippen molar-refractivity contribution in [1.29, 1.82) is 0 Å². The standard InChI is InChI=1S/C17H21N3O3S/c1-3-23-17(22)13-6-10-24-16(13)18-15(21)11-20-9-8-19-7-4-5-14(19)12(20)2/h4-7,10,12H,3,8-9,11H2,1-2H3,(H,18,21)/t12-/m0/s1. The summed E-state index contributed by atoms with van der Waals surface area (Å²) < 4.78 is 7.23. The number of esters is 1. The van der Waals surface area contributed by atoms with Gasteiger partial charge >= 0.3 is 5.97 Å². The van der Waals surface area contributed by atoms with Crippen LogP contribution in [0.15, 0.2) is 29.8 Å². The highest BCUT2D eigenvalue weighted by atomic mass is 32.1. The maximum absolute atomic E-state index is 12.4. The maximum Gasteiger partial charge on any atom is 0.341 e. The average molecular weight is 347 g/mol. The number of carbonyl (C=O) groups is 2. The Bertz CT molecular complexity index is 737. The summed E-state index contributed by atoms with van der Waals surface area (Å²) in [5.41, 5.74) is 1.63. The Balaban J connectivity index is 1.63. The van der Waals surface area contributed by atoms with Gasteiger partial charge in [0.25, 0.3) is 0 Å². The number of nitrogens with zero attached hydrogens (tertiary/aromatic N) is 2. The Morgan fingerprint density at radius 3 is 3.00 bits per heavy atom. The molecule has 128 valence electrons. The van der Waals surface area contributed by atoms with Gasteiger partial charge in [-0.3, -0.25) is 9.69 Å². The number of hydrogen-bond acceptors (Lipinski definition) is 5. The van der Waals surface area contributed by atoms with Crippen molar-refractivity contribution in [2.75, 3.05) is 25.0 Å². The number of carbonyl (C=O) groups excluding carboxylic acids is 2. The first-order valence-corrected chi connectivity index (χ1v) is 8.91. The van der Waals surface area contributed by atoms with E-state index in [9.17, 15) is 9.59 Å². The van der Waals surface area contributed by atoms with Crippen LogP contribution >= 0.6 is 11.3 Å². The smallest absolute Gasteiger partial charge is 0.341 e. The van der Waals surface area contributed by atoms with Crippen molar-refractivity contribution in [3.8, 4) is 0 Å². The van der Waals surface area contributed by atoms with E-state index in [2.05, 4.69) is 34.0 Å². The van der Waals surface area contributed by atoms with Crippen molar-refractivity contribution >= 4 is 28.2 Å². The van der Waals surface area contributed by atoms with E-state index >= 15 is 0 Å². The fraction of sp³-hybridized carbons (Fsp3) is 0.412. The van der Waals surface area contributed by atoms with Crippen molar-refractivity contribution in [3.63, 3.8) is 0 Å². The lowest BCUT2D eigenvalue weighted by Crippen LogP contribution is -2.41. The van der Waals surface area contributed by atoms with E-state index in [-0.39, 0.29) is 11.9 Å². The van der Waals surface area contributed by atoms with Gasteiger partial charge in [-0.05, 0) is 37.4 Å². The average Bonchev–Trinajstić information content (AvgIpc) is 3.19. The maximum atomic E-state index is 12.4. The van der Waals surface area contributed by atoms with Crippen molar-refractivity contribution < 1.29 is 14.3 Å². The molecule has 3 heterocycles. The van der Waals surface area contributed by atoms with Crippen LogP contribution in [0.25, 0.3) is 0 Å². The van der Waals surface area contributed by atoms with E-state index in [1.807, 2.05) is 6.07 Å². The van der Waals surface area contributed by atoms with Gasteiger partial charge in [0.15, 0.2) is 0 Å². The lowest BCUT2D eigenvalue weighted by atomic mass is 10.1. The molecule has 24 heavy (non-hydrogen) atoms. The minimum absolute atomic E-state index is 0.116. The molecule has 0 bridgehead atoms. The largest absolute Gasteiger partial charge is 0.462 e. The van der Waals surface area contributed by atoms with Crippen LogP contribution in [0.5, 0.6) is 0 Å². The van der Waals surface area contributed by atoms with Crippen LogP contribution in [0.3, 0.4) is 0 Å². The highest BCUT2D eigenvalue weighted by Crippen LogP contribution is 2.26. The molecule has 7 heteroatoms. The number of rotatable bonds is 5. The van der Waals surface area contributed by atoms with Crippen LogP contribution in [0.2, 0.25) is 0 Å². The molecular formula is C17H21N3O3S. The zero-order valence-corrected chi connectivity index (χ0v) is 14.6. The molecule has 0 aliphatic carbocycles. The molecule has 6 nitrogen and oxygen atoms in total. The molecule has 0 aromatic carbocycles. The highest BCUT2D eigenvalue weighted by Gasteiger charge is 2.25. The summed E-state index contributed by atoms with van der Waals surface area (Å²) in [6.07, 6.45) is 2.07. The van der Waals surface area contributed by atoms with Crippen LogP contribution in [0.4, 0.5) is 5.00 Å². The van der Waals surface area contributed by atoms with E-state index in [0.29, 0.717) is 23.7 Å². The molecule has 0 fully saturated rings. The zero-order chi connectivity index (χ0) is 17.1. The molecule has 3 rings (SSSR count). The Hall–Kier alpha value is -2.12. The van der Waals surface area contributed by atoms with E-state index in [0.717, 1.165) is 13.1 Å². The van der Waals surface area contributed by atoms with E-state index in [1.165, 1.54) is 17.0 Å². The third-order valence-corrected chi connectivity index (χ3v) is 5.06. The van der Waals surface area contributed by atoms with Crippen LogP contribution in [0, 0.1) is 0 Å². The summed E-state index contributed by atoms with van der Waals surface area (Å²) in [5, 5.41) is 5.17. The Morgan fingerprint density at radius 2 is 2.21 bits per heavy atom. The SMILES string of the molecule is CCOC(=O)c1ccsc1NC(=O)CN1CCn2cccc2[C@@H]1C. The molecule has 1 N–H and O–H groups in total. The molecule has 0 radical (unpaired) electrons. The van der Waals surface area contributed by atoms with Gasteiger partial charge in [-0.15, -0.1) is 11.3 Å². The molecule has 1 aliphatic rings. The number of nitrogens with one attached hydrogen (secondary N) is 1. The normalized spacial score (nSPS) is 17.3. The first kappa shape index (κ1) is 16.7. The van der Waals surface area contributed by atoms with Gasteiger partial charge in [-0.25, -0.2) is 4.79 Å². The van der Waals surface area contributed by atoms with Gasteiger partial charge in [-0.1, -0.05) is 0 Å². The van der Waals surface area contributed by atoms with Crippen LogP contribution in [0.1, 0.15) is 35.9 Å². The summed E-state index contributed by atoms with van der Waals surface area (Å²) >= 11 is 1.33. The quantitative estimate of drug-likeness (QED) is 0.845. The molecule has 0 spiro atoms. The number of fused-ring (bicyclic) bond motifs is 1. The highest BCUT2D eigenvalue weighted by molar-refractivity contribution is 7.14. The summed E-state index contributed by atoms with van der Waals surface area (Å²) in [7, 11) is 0. The fourth-order valence-corrected chi connectivity index (χ4v) is 3.76. The lowest BCUT2D eigenvalue weighted by molar-refractivity contribution is -0.118. The van der Waals surface area contributed by atoms with Crippen molar-refractivity contribution in [1.82, 2.24) is 9.47 Å². The predicted octanol–water partition coefficient (Wildman–Crippen LogP) is 2.74. The van der Waals surface area contributed by atoms with Crippen LogP contribution in [-0.2, 0) is 16.1 Å². The van der Waals surface area contributed by atoms with Crippen molar-refractivity contribution in [2.45, 2.75) is 26.4 Å². The second kappa shape index (κ2) is 7.19. The van der Waals surface area contributed by atoms with Crippen molar-refractivity contribution in [3.05, 3.63) is 41.0 Å². The molecule has 0 saturated heterocycles. The third kappa shape index (κ3) is 3.37. The van der Waals surface area contributed by atoms with Gasteiger partial charge in [-0.2, -0.15) is 0 Å². The number of anilines is 1. The van der Waals surface area contributed by atoms with Gasteiger partial charge in [0.1, 0.15) is 5.00 Å². The lowest BCUT2D eigenvalue weighted by Gasteiger charge is -2.34. The Labute approximate surface area is 145 Å². The van der Waals surface area contributed by atoms with Crippen molar-refractivity contribution in [2.24, 2.45) is 0 Å². The second-order valence-electron chi connectivity index (χ2n) is 5.70. The molecule has 1 atom stereocenters. The topological polar surface area (TPSA) is 63.6 Å². The van der Waals surface area contributed by atoms with Gasteiger partial charge in [0.05, 0.1) is 18.7 Å². The monoisotopic (exact) mass is 347 g/mol. The Morgan fingerprint density at radius 1 is 1.38 bits per heavy atom. The number of aromatic nitrogens is 1. The summed E-state index contributed by atoms with van der Waals surface area (Å²) in [5.74, 6) is -0.520. The number of ether oxygens (including phenoxy) is 1. The number of hydrogen-bond donors (Lipinski definition) is 1. The van der Waals surface area contributed by atoms with E-state index < -0.39 is 5.97 Å². The fourth-order valence-electron chi connectivity index (χ4n) is 2.97. The van der Waals surface area contributed by atoms with Gasteiger partial charge < -0.3 is 14.6 Å². The first-order chi connectivity index (χ1) is 11.6. The number of amides is 1. The predicted molar refractivity (Wildman–Crippen MR) is 93.3 cm³/mol. The summed E-state index contributed by atoms with van der Waals surface area (Å²) in [4.78, 5) is 26.4. The minimum Gasteiger partial charge on any atom is -0.462 e. The summed E-state index contributed by atoms with van der Waals surface area (Å²) in [6, 6.07) is 5.99. The number of thiophene rings is 1. The second-order valence-corrected chi connectivity index (χ2v) is 6.62. The van der Waals surface area contributed by atoms with E-state index in [4.69, 9.17) is 4.74 Å². The summed E-state index contributed by atoms with van der Waals surface area (Å²) in [6.45, 7) is 6.18. The molecule has 1 amide bonds.